The van der Waals surface area contributed by atoms with Gasteiger partial charge in [-0.15, -0.1) is 0 Å². The Morgan fingerprint density at radius 1 is 1.05 bits per heavy atom. The summed E-state index contributed by atoms with van der Waals surface area (Å²) in [7, 11) is 0. The van der Waals surface area contributed by atoms with Crippen molar-refractivity contribution in [3.05, 3.63) is 64.3 Å². The summed E-state index contributed by atoms with van der Waals surface area (Å²) in [6.07, 6.45) is 13.9. The molecule has 0 heteroatoms. The molecule has 2 aliphatic rings. The molecule has 2 atom stereocenters. The Balaban J connectivity index is 0.00000147. The number of allylic oxidation sites excluding steroid dienone is 5. The predicted molar refractivity (Wildman–Crippen MR) is 90.1 cm³/mol. The van der Waals surface area contributed by atoms with E-state index in [2.05, 4.69) is 63.3 Å². The SMILES string of the molecule is C.CCC1=CC=CC2C=Cc3ccc(CC)c(C)c3C12. The monoisotopic (exact) mass is 266 g/mol. The van der Waals surface area contributed by atoms with Crippen LogP contribution in [0.15, 0.2) is 42.0 Å². The molecule has 1 aromatic rings. The zero-order valence-electron chi connectivity index (χ0n) is 12.1. The maximum Gasteiger partial charge on any atom is 0.0158 e. The lowest BCUT2D eigenvalue weighted by molar-refractivity contribution is 0.633. The standard InChI is InChI=1S/C19H22.CH4/c1-4-14-9-10-17-12-11-16-8-6-7-15(5-2)19(16)18(17)13(14)3;/h6-12,16,19H,4-5H2,1-3H3;1H4. The number of benzene rings is 1. The second kappa shape index (κ2) is 5.83. The highest BCUT2D eigenvalue weighted by atomic mass is 14.3. The van der Waals surface area contributed by atoms with E-state index in [1.54, 1.807) is 11.1 Å². The molecule has 2 unspecified atom stereocenters. The number of rotatable bonds is 2. The second-order valence-electron chi connectivity index (χ2n) is 5.60. The summed E-state index contributed by atoms with van der Waals surface area (Å²) in [4.78, 5) is 0. The van der Waals surface area contributed by atoms with Gasteiger partial charge in [0.2, 0.25) is 0 Å². The molecule has 0 nitrogen and oxygen atoms in total. The lowest BCUT2D eigenvalue weighted by atomic mass is 9.70. The molecule has 0 fully saturated rings. The molecule has 0 N–H and O–H groups in total. The van der Waals surface area contributed by atoms with Crippen molar-refractivity contribution in [3.8, 4) is 0 Å². The lowest BCUT2D eigenvalue weighted by Gasteiger charge is -2.34. The van der Waals surface area contributed by atoms with Gasteiger partial charge < -0.3 is 0 Å². The minimum absolute atomic E-state index is 0. The third kappa shape index (κ3) is 2.18. The second-order valence-corrected chi connectivity index (χ2v) is 5.60. The molecule has 0 spiro atoms. The van der Waals surface area contributed by atoms with Gasteiger partial charge in [0.15, 0.2) is 0 Å². The molecule has 20 heavy (non-hydrogen) atoms. The van der Waals surface area contributed by atoms with E-state index < -0.39 is 0 Å². The minimum atomic E-state index is 0. The summed E-state index contributed by atoms with van der Waals surface area (Å²) >= 11 is 0. The topological polar surface area (TPSA) is 0 Å². The quantitative estimate of drug-likeness (QED) is 0.632. The number of hydrogen-bond donors (Lipinski definition) is 0. The molecule has 0 amide bonds. The van der Waals surface area contributed by atoms with Gasteiger partial charge in [-0.05, 0) is 42.0 Å². The van der Waals surface area contributed by atoms with Crippen LogP contribution < -0.4 is 0 Å². The summed E-state index contributed by atoms with van der Waals surface area (Å²) in [6.45, 7) is 6.83. The van der Waals surface area contributed by atoms with Crippen molar-refractivity contribution in [2.24, 2.45) is 5.92 Å². The van der Waals surface area contributed by atoms with Crippen LogP contribution in [0.3, 0.4) is 0 Å². The van der Waals surface area contributed by atoms with Crippen LogP contribution in [0.25, 0.3) is 6.08 Å². The van der Waals surface area contributed by atoms with Gasteiger partial charge >= 0.3 is 0 Å². The summed E-state index contributed by atoms with van der Waals surface area (Å²) < 4.78 is 0. The summed E-state index contributed by atoms with van der Waals surface area (Å²) in [6, 6.07) is 4.60. The Hall–Kier alpha value is -1.56. The molecule has 2 aliphatic carbocycles. The highest BCUT2D eigenvalue weighted by Crippen LogP contribution is 2.44. The van der Waals surface area contributed by atoms with Crippen molar-refractivity contribution in [1.29, 1.82) is 0 Å². The van der Waals surface area contributed by atoms with E-state index in [0.717, 1.165) is 12.8 Å². The molecular formula is C20H26. The van der Waals surface area contributed by atoms with E-state index in [4.69, 9.17) is 0 Å². The fourth-order valence-corrected chi connectivity index (χ4v) is 3.61. The highest BCUT2D eigenvalue weighted by Gasteiger charge is 2.30. The van der Waals surface area contributed by atoms with E-state index in [0.29, 0.717) is 11.8 Å². The van der Waals surface area contributed by atoms with Crippen molar-refractivity contribution in [1.82, 2.24) is 0 Å². The molecule has 1 aromatic carbocycles. The first-order valence-corrected chi connectivity index (χ1v) is 7.44. The summed E-state index contributed by atoms with van der Waals surface area (Å²) in [5, 5.41) is 0. The van der Waals surface area contributed by atoms with Crippen LogP contribution in [-0.2, 0) is 6.42 Å². The van der Waals surface area contributed by atoms with Crippen LogP contribution in [0.1, 0.15) is 55.9 Å². The molecule has 0 heterocycles. The van der Waals surface area contributed by atoms with Gasteiger partial charge in [-0.25, -0.2) is 0 Å². The molecule has 106 valence electrons. The highest BCUT2D eigenvalue weighted by molar-refractivity contribution is 5.65. The summed E-state index contributed by atoms with van der Waals surface area (Å²) in [5.41, 5.74) is 7.58. The van der Waals surface area contributed by atoms with Crippen LogP contribution in [0, 0.1) is 12.8 Å². The van der Waals surface area contributed by atoms with Crippen molar-refractivity contribution < 1.29 is 0 Å². The first-order chi connectivity index (χ1) is 9.26. The first kappa shape index (κ1) is 14.8. The third-order valence-electron chi connectivity index (χ3n) is 4.69. The zero-order valence-corrected chi connectivity index (χ0v) is 12.1. The summed E-state index contributed by atoms with van der Waals surface area (Å²) in [5.74, 6) is 1.12. The van der Waals surface area contributed by atoms with Crippen molar-refractivity contribution >= 4 is 6.08 Å². The Kier molecular flexibility index (Phi) is 4.32. The van der Waals surface area contributed by atoms with Gasteiger partial charge in [0.05, 0.1) is 0 Å². The molecule has 0 saturated carbocycles. The van der Waals surface area contributed by atoms with Crippen molar-refractivity contribution in [2.45, 2.75) is 47.0 Å². The van der Waals surface area contributed by atoms with E-state index >= 15 is 0 Å². The molecule has 3 rings (SSSR count). The molecule has 0 radical (unpaired) electrons. The van der Waals surface area contributed by atoms with Crippen molar-refractivity contribution in [2.75, 3.05) is 0 Å². The van der Waals surface area contributed by atoms with Gasteiger partial charge in [-0.1, -0.05) is 69.4 Å². The van der Waals surface area contributed by atoms with Crippen LogP contribution in [0.2, 0.25) is 0 Å². The molecular weight excluding hydrogens is 240 g/mol. The zero-order chi connectivity index (χ0) is 13.4. The van der Waals surface area contributed by atoms with Gasteiger partial charge in [-0.3, -0.25) is 0 Å². The average molecular weight is 266 g/mol. The Bertz CT molecular complexity index is 584. The van der Waals surface area contributed by atoms with Crippen LogP contribution >= 0.6 is 0 Å². The van der Waals surface area contributed by atoms with E-state index in [9.17, 15) is 0 Å². The molecule has 0 saturated heterocycles. The molecule has 0 bridgehead atoms. The van der Waals surface area contributed by atoms with E-state index in [1.807, 2.05) is 0 Å². The third-order valence-corrected chi connectivity index (χ3v) is 4.69. The Labute approximate surface area is 123 Å². The molecule has 0 aromatic heterocycles. The number of aryl methyl sites for hydroxylation is 1. The Morgan fingerprint density at radius 2 is 1.85 bits per heavy atom. The maximum absolute atomic E-state index is 2.37. The van der Waals surface area contributed by atoms with Gasteiger partial charge in [0.1, 0.15) is 0 Å². The number of hydrogen-bond acceptors (Lipinski definition) is 0. The fraction of sp³-hybridized carbons (Fsp3) is 0.400. The predicted octanol–water partition coefficient (Wildman–Crippen LogP) is 5.83. The van der Waals surface area contributed by atoms with Gasteiger partial charge in [0, 0.05) is 11.8 Å². The normalized spacial score (nSPS) is 22.6. The van der Waals surface area contributed by atoms with E-state index in [-0.39, 0.29) is 7.43 Å². The van der Waals surface area contributed by atoms with Crippen LogP contribution in [0.4, 0.5) is 0 Å². The molecule has 0 aliphatic heterocycles. The van der Waals surface area contributed by atoms with Crippen LogP contribution in [-0.4, -0.2) is 0 Å². The largest absolute Gasteiger partial charge is 0.0776 e. The first-order valence-electron chi connectivity index (χ1n) is 7.44. The Morgan fingerprint density at radius 3 is 2.55 bits per heavy atom. The average Bonchev–Trinajstić information content (AvgIpc) is 2.46. The van der Waals surface area contributed by atoms with Crippen LogP contribution in [0.5, 0.6) is 0 Å². The lowest BCUT2D eigenvalue weighted by Crippen LogP contribution is -2.19. The number of fused-ring (bicyclic) bond motifs is 3. The maximum atomic E-state index is 2.37. The van der Waals surface area contributed by atoms with Crippen molar-refractivity contribution in [3.63, 3.8) is 0 Å². The fourth-order valence-electron chi connectivity index (χ4n) is 3.61. The van der Waals surface area contributed by atoms with Gasteiger partial charge in [0.25, 0.3) is 0 Å². The van der Waals surface area contributed by atoms with Gasteiger partial charge in [-0.2, -0.15) is 0 Å². The van der Waals surface area contributed by atoms with E-state index in [1.165, 1.54) is 16.7 Å². The smallest absolute Gasteiger partial charge is 0.0158 e. The minimum Gasteiger partial charge on any atom is -0.0776 e.